The van der Waals surface area contributed by atoms with E-state index in [4.69, 9.17) is 7.85 Å². The van der Waals surface area contributed by atoms with Gasteiger partial charge in [-0.3, -0.25) is 0 Å². The van der Waals surface area contributed by atoms with E-state index in [0.29, 0.717) is 0 Å². The molecule has 2 aromatic heterocycles. The number of para-hydroxylation sites is 2. The second-order valence-corrected chi connectivity index (χ2v) is 9.51. The minimum atomic E-state index is 0.843. The van der Waals surface area contributed by atoms with Crippen LogP contribution in [0, 0.1) is 0 Å². The molecular formula is C30H18BNS. The number of hydrogen-bond donors (Lipinski definition) is 0. The molecule has 0 N–H and O–H groups in total. The summed E-state index contributed by atoms with van der Waals surface area (Å²) in [6, 6.07) is 38.9. The molecule has 1 nitrogen and oxygen atoms in total. The molecule has 2 radical (unpaired) electrons. The second-order valence-electron chi connectivity index (χ2n) is 8.46. The van der Waals surface area contributed by atoms with Gasteiger partial charge in [0.25, 0.3) is 0 Å². The van der Waals surface area contributed by atoms with E-state index in [1.165, 1.54) is 53.2 Å². The zero-order valence-corrected chi connectivity index (χ0v) is 18.6. The van der Waals surface area contributed by atoms with Crippen LogP contribution in [0.3, 0.4) is 0 Å². The highest BCUT2D eigenvalue weighted by atomic mass is 32.1. The molecule has 0 aliphatic heterocycles. The van der Waals surface area contributed by atoms with E-state index in [0.717, 1.165) is 11.0 Å². The number of benzene rings is 5. The lowest BCUT2D eigenvalue weighted by atomic mass is 9.89. The van der Waals surface area contributed by atoms with E-state index in [1.807, 2.05) is 0 Å². The molecule has 33 heavy (non-hydrogen) atoms. The lowest BCUT2D eigenvalue weighted by Gasteiger charge is -2.09. The average molecular weight is 435 g/mol. The van der Waals surface area contributed by atoms with Gasteiger partial charge >= 0.3 is 0 Å². The van der Waals surface area contributed by atoms with Crippen molar-refractivity contribution in [2.24, 2.45) is 0 Å². The molecule has 0 bridgehead atoms. The summed E-state index contributed by atoms with van der Waals surface area (Å²) in [5.74, 6) is 0. The summed E-state index contributed by atoms with van der Waals surface area (Å²) < 4.78 is 4.79. The van der Waals surface area contributed by atoms with Crippen molar-refractivity contribution in [2.45, 2.75) is 0 Å². The SMILES string of the molecule is [B]c1cc(-c2ccc3c(c2)c2ccccc2n3-c2ccccc2)cc2c1sc1ccccc12. The second kappa shape index (κ2) is 7.09. The summed E-state index contributed by atoms with van der Waals surface area (Å²) in [5, 5.41) is 5.01. The Morgan fingerprint density at radius 1 is 0.545 bits per heavy atom. The van der Waals surface area contributed by atoms with Crippen molar-refractivity contribution < 1.29 is 0 Å². The van der Waals surface area contributed by atoms with E-state index in [-0.39, 0.29) is 0 Å². The van der Waals surface area contributed by atoms with Crippen LogP contribution in [0.2, 0.25) is 0 Å². The predicted molar refractivity (Wildman–Crippen MR) is 144 cm³/mol. The summed E-state index contributed by atoms with van der Waals surface area (Å²) in [7, 11) is 6.55. The van der Waals surface area contributed by atoms with E-state index in [9.17, 15) is 0 Å². The van der Waals surface area contributed by atoms with Gasteiger partial charge in [0.05, 0.1) is 11.0 Å². The van der Waals surface area contributed by atoms with Crippen LogP contribution >= 0.6 is 11.3 Å². The van der Waals surface area contributed by atoms with Gasteiger partial charge < -0.3 is 4.57 Å². The molecule has 2 heterocycles. The van der Waals surface area contributed by atoms with Crippen molar-refractivity contribution in [3.05, 3.63) is 109 Å². The van der Waals surface area contributed by atoms with Crippen LogP contribution in [0.5, 0.6) is 0 Å². The molecule has 0 aliphatic rings. The minimum absolute atomic E-state index is 0.843. The average Bonchev–Trinajstić information content (AvgIpc) is 3.40. The normalized spacial score (nSPS) is 11.8. The van der Waals surface area contributed by atoms with Crippen LogP contribution < -0.4 is 5.46 Å². The Morgan fingerprint density at radius 3 is 2.12 bits per heavy atom. The third-order valence-corrected chi connectivity index (χ3v) is 7.76. The highest BCUT2D eigenvalue weighted by Gasteiger charge is 2.14. The minimum Gasteiger partial charge on any atom is -0.309 e. The fraction of sp³-hybridized carbons (Fsp3) is 0. The zero-order valence-electron chi connectivity index (χ0n) is 17.8. The molecule has 0 aliphatic carbocycles. The lowest BCUT2D eigenvalue weighted by Crippen LogP contribution is -2.02. The molecule has 5 aromatic carbocycles. The third-order valence-electron chi connectivity index (χ3n) is 6.53. The smallest absolute Gasteiger partial charge is 0.115 e. The molecule has 152 valence electrons. The first-order valence-corrected chi connectivity index (χ1v) is 11.9. The largest absolute Gasteiger partial charge is 0.309 e. The van der Waals surface area contributed by atoms with Crippen LogP contribution in [0.25, 0.3) is 58.8 Å². The fourth-order valence-corrected chi connectivity index (χ4v) is 6.14. The number of fused-ring (bicyclic) bond motifs is 6. The van der Waals surface area contributed by atoms with Gasteiger partial charge in [-0.25, -0.2) is 0 Å². The van der Waals surface area contributed by atoms with E-state index in [1.54, 1.807) is 11.3 Å². The third kappa shape index (κ3) is 2.79. The Labute approximate surface area is 196 Å². The van der Waals surface area contributed by atoms with Crippen molar-refractivity contribution in [3.8, 4) is 16.8 Å². The van der Waals surface area contributed by atoms with Gasteiger partial charge in [0.15, 0.2) is 0 Å². The Balaban J connectivity index is 1.51. The van der Waals surface area contributed by atoms with E-state index in [2.05, 4.69) is 114 Å². The molecule has 0 fully saturated rings. The number of nitrogens with zero attached hydrogens (tertiary/aromatic N) is 1. The zero-order chi connectivity index (χ0) is 21.9. The highest BCUT2D eigenvalue weighted by molar-refractivity contribution is 7.26. The summed E-state index contributed by atoms with van der Waals surface area (Å²) in [5.41, 5.74) is 6.78. The number of hydrogen-bond acceptors (Lipinski definition) is 1. The number of aromatic nitrogens is 1. The summed E-state index contributed by atoms with van der Waals surface area (Å²) in [4.78, 5) is 0. The molecule has 0 saturated heterocycles. The first-order valence-electron chi connectivity index (χ1n) is 11.1. The Kier molecular flexibility index (Phi) is 4.03. The Bertz CT molecular complexity index is 1830. The van der Waals surface area contributed by atoms with Crippen molar-refractivity contribution in [3.63, 3.8) is 0 Å². The van der Waals surface area contributed by atoms with Crippen molar-refractivity contribution in [2.75, 3.05) is 0 Å². The van der Waals surface area contributed by atoms with Crippen LogP contribution in [-0.2, 0) is 0 Å². The number of rotatable bonds is 2. The van der Waals surface area contributed by atoms with Crippen LogP contribution in [0.15, 0.2) is 109 Å². The Hall–Kier alpha value is -3.82. The first-order chi connectivity index (χ1) is 16.3. The van der Waals surface area contributed by atoms with E-state index < -0.39 is 0 Å². The maximum absolute atomic E-state index is 6.55. The van der Waals surface area contributed by atoms with Crippen LogP contribution in [0.4, 0.5) is 0 Å². The van der Waals surface area contributed by atoms with Gasteiger partial charge in [0, 0.05) is 36.6 Å². The lowest BCUT2D eigenvalue weighted by molar-refractivity contribution is 1.18. The fourth-order valence-electron chi connectivity index (χ4n) is 5.03. The van der Waals surface area contributed by atoms with Crippen molar-refractivity contribution in [1.82, 2.24) is 4.57 Å². The molecule has 0 unspecified atom stereocenters. The van der Waals surface area contributed by atoms with Crippen LogP contribution in [0.1, 0.15) is 0 Å². The highest BCUT2D eigenvalue weighted by Crippen LogP contribution is 2.38. The molecule has 3 heteroatoms. The van der Waals surface area contributed by atoms with Gasteiger partial charge in [-0.15, -0.1) is 11.3 Å². The maximum Gasteiger partial charge on any atom is 0.115 e. The van der Waals surface area contributed by atoms with Gasteiger partial charge in [-0.05, 0) is 53.6 Å². The standard InChI is InChI=1S/C30H18BNS/c31-26-18-20(17-25-23-11-5-7-13-29(23)33-30(25)26)19-14-15-28-24(16-19)22-10-4-6-12-27(22)32(28)21-8-2-1-3-9-21/h1-18H. The summed E-state index contributed by atoms with van der Waals surface area (Å²) in [6.07, 6.45) is 0. The van der Waals surface area contributed by atoms with Gasteiger partial charge in [-0.2, -0.15) is 0 Å². The predicted octanol–water partition coefficient (Wildman–Crippen LogP) is 7.61. The van der Waals surface area contributed by atoms with Gasteiger partial charge in [0.2, 0.25) is 0 Å². The summed E-state index contributed by atoms with van der Waals surface area (Å²) in [6.45, 7) is 0. The molecule has 0 atom stereocenters. The Morgan fingerprint density at radius 2 is 1.24 bits per heavy atom. The summed E-state index contributed by atoms with van der Waals surface area (Å²) >= 11 is 1.77. The maximum atomic E-state index is 6.55. The van der Waals surface area contributed by atoms with E-state index >= 15 is 0 Å². The first kappa shape index (κ1) is 18.7. The van der Waals surface area contributed by atoms with Crippen molar-refractivity contribution in [1.29, 1.82) is 0 Å². The molecule has 0 spiro atoms. The molecule has 0 saturated carbocycles. The molecule has 0 amide bonds. The molecular weight excluding hydrogens is 417 g/mol. The molecule has 7 aromatic rings. The van der Waals surface area contributed by atoms with Gasteiger partial charge in [-0.1, -0.05) is 72.2 Å². The van der Waals surface area contributed by atoms with Crippen molar-refractivity contribution >= 4 is 66.6 Å². The quantitative estimate of drug-likeness (QED) is 0.246. The molecule has 7 rings (SSSR count). The van der Waals surface area contributed by atoms with Gasteiger partial charge in [0.1, 0.15) is 7.85 Å². The topological polar surface area (TPSA) is 4.93 Å². The number of thiophene rings is 1. The monoisotopic (exact) mass is 435 g/mol. The van der Waals surface area contributed by atoms with Crippen LogP contribution in [-0.4, -0.2) is 12.4 Å².